The van der Waals surface area contributed by atoms with E-state index in [0.717, 1.165) is 23.5 Å². The molecule has 0 aliphatic carbocycles. The van der Waals surface area contributed by atoms with Crippen molar-refractivity contribution < 1.29 is 4.79 Å². The Hall–Kier alpha value is -0.360. The van der Waals surface area contributed by atoms with Crippen molar-refractivity contribution in [3.8, 4) is 0 Å². The van der Waals surface area contributed by atoms with E-state index in [2.05, 4.69) is 15.6 Å². The molecule has 0 radical (unpaired) electrons. The standard InChI is InChI=1S/C15H23N3OS.2ClH/c1-9-8-20-15(16-9)10(2)17-14(19)7-11-5-12-3-4-13(6-11)18-12;;/h8,10-13,18H,3-7H2,1-2H3,(H,17,19);2*1H. The van der Waals surface area contributed by atoms with Crippen LogP contribution in [-0.2, 0) is 4.79 Å². The first-order valence-corrected chi connectivity index (χ1v) is 8.45. The Balaban J connectivity index is 0.00000121. The zero-order chi connectivity index (χ0) is 14.1. The molecule has 0 aromatic carbocycles. The van der Waals surface area contributed by atoms with Crippen LogP contribution >= 0.6 is 36.2 Å². The summed E-state index contributed by atoms with van der Waals surface area (Å²) in [6.07, 6.45) is 5.57. The highest BCUT2D eigenvalue weighted by Gasteiger charge is 2.34. The van der Waals surface area contributed by atoms with Crippen LogP contribution in [-0.4, -0.2) is 23.0 Å². The second kappa shape index (κ2) is 8.48. The molecule has 2 aliphatic rings. The van der Waals surface area contributed by atoms with E-state index in [1.165, 1.54) is 12.8 Å². The van der Waals surface area contributed by atoms with Crippen molar-refractivity contribution in [2.45, 2.75) is 64.1 Å². The van der Waals surface area contributed by atoms with Crippen molar-refractivity contribution in [2.75, 3.05) is 0 Å². The Morgan fingerprint density at radius 3 is 2.59 bits per heavy atom. The van der Waals surface area contributed by atoms with Crippen LogP contribution in [0, 0.1) is 12.8 Å². The maximum Gasteiger partial charge on any atom is 0.220 e. The first-order chi connectivity index (χ1) is 9.60. The zero-order valence-corrected chi connectivity index (χ0v) is 15.5. The number of thiazole rings is 1. The SMILES string of the molecule is Cc1csc(C(C)NC(=O)CC2CC3CCC(C2)N3)n1.Cl.Cl. The molecular formula is C15H25Cl2N3OS. The number of hydrogen-bond donors (Lipinski definition) is 2. The van der Waals surface area contributed by atoms with E-state index >= 15 is 0 Å². The molecule has 1 aromatic heterocycles. The van der Waals surface area contributed by atoms with Gasteiger partial charge in [-0.1, -0.05) is 0 Å². The monoisotopic (exact) mass is 365 g/mol. The molecule has 2 fully saturated rings. The van der Waals surface area contributed by atoms with Gasteiger partial charge in [0.2, 0.25) is 5.91 Å². The molecule has 3 atom stereocenters. The number of halogens is 2. The summed E-state index contributed by atoms with van der Waals surface area (Å²) in [5, 5.41) is 9.75. The van der Waals surface area contributed by atoms with Gasteiger partial charge in [-0.25, -0.2) is 4.98 Å². The van der Waals surface area contributed by atoms with E-state index in [4.69, 9.17) is 0 Å². The zero-order valence-electron chi connectivity index (χ0n) is 13.0. The first kappa shape index (κ1) is 19.7. The summed E-state index contributed by atoms with van der Waals surface area (Å²) >= 11 is 1.62. The van der Waals surface area contributed by atoms with Crippen LogP contribution in [0.3, 0.4) is 0 Å². The Morgan fingerprint density at radius 2 is 2.05 bits per heavy atom. The lowest BCUT2D eigenvalue weighted by Gasteiger charge is -2.28. The minimum atomic E-state index is 0. The number of rotatable bonds is 4. The number of nitrogens with zero attached hydrogens (tertiary/aromatic N) is 1. The average molecular weight is 366 g/mol. The van der Waals surface area contributed by atoms with Crippen molar-refractivity contribution in [1.82, 2.24) is 15.6 Å². The van der Waals surface area contributed by atoms with E-state index in [1.807, 2.05) is 19.2 Å². The fourth-order valence-corrected chi connectivity index (χ4v) is 4.34. The summed E-state index contributed by atoms with van der Waals surface area (Å²) in [7, 11) is 0. The molecule has 2 saturated heterocycles. The van der Waals surface area contributed by atoms with Gasteiger partial charge in [-0.3, -0.25) is 4.79 Å². The van der Waals surface area contributed by atoms with E-state index in [9.17, 15) is 4.79 Å². The predicted molar refractivity (Wildman–Crippen MR) is 95.2 cm³/mol. The van der Waals surface area contributed by atoms with Gasteiger partial charge in [0.15, 0.2) is 0 Å². The third-order valence-corrected chi connectivity index (χ3v) is 5.57. The quantitative estimate of drug-likeness (QED) is 0.859. The maximum absolute atomic E-state index is 12.2. The molecule has 3 heterocycles. The minimum Gasteiger partial charge on any atom is -0.347 e. The molecule has 2 bridgehead atoms. The number of amides is 1. The maximum atomic E-state index is 12.2. The van der Waals surface area contributed by atoms with Gasteiger partial charge in [-0.15, -0.1) is 36.2 Å². The van der Waals surface area contributed by atoms with Crippen LogP contribution in [0.25, 0.3) is 0 Å². The number of hydrogen-bond acceptors (Lipinski definition) is 4. The predicted octanol–water partition coefficient (Wildman–Crippen LogP) is 3.39. The number of carbonyl (C=O) groups excluding carboxylic acids is 1. The molecule has 7 heteroatoms. The number of aromatic nitrogens is 1. The lowest BCUT2D eigenvalue weighted by atomic mass is 9.89. The van der Waals surface area contributed by atoms with Gasteiger partial charge >= 0.3 is 0 Å². The second-order valence-electron chi connectivity index (χ2n) is 6.30. The molecular weight excluding hydrogens is 341 g/mol. The fourth-order valence-electron chi connectivity index (χ4n) is 3.54. The van der Waals surface area contributed by atoms with Gasteiger partial charge in [0.05, 0.1) is 6.04 Å². The second-order valence-corrected chi connectivity index (χ2v) is 7.19. The lowest BCUT2D eigenvalue weighted by molar-refractivity contribution is -0.122. The summed E-state index contributed by atoms with van der Waals surface area (Å²) in [6.45, 7) is 4.00. The number of piperidine rings is 1. The number of carbonyl (C=O) groups is 1. The summed E-state index contributed by atoms with van der Waals surface area (Å²) in [5.41, 5.74) is 1.03. The average Bonchev–Trinajstić information content (AvgIpc) is 2.95. The number of aryl methyl sites for hydroxylation is 1. The molecule has 0 saturated carbocycles. The summed E-state index contributed by atoms with van der Waals surface area (Å²) in [5.74, 6) is 0.732. The van der Waals surface area contributed by atoms with Crippen molar-refractivity contribution in [3.05, 3.63) is 16.1 Å². The summed E-state index contributed by atoms with van der Waals surface area (Å²) in [6, 6.07) is 1.34. The van der Waals surface area contributed by atoms with Gasteiger partial charge in [0.25, 0.3) is 0 Å². The molecule has 1 aromatic rings. The smallest absolute Gasteiger partial charge is 0.220 e. The Labute approximate surface area is 148 Å². The highest BCUT2D eigenvalue weighted by Crippen LogP contribution is 2.32. The topological polar surface area (TPSA) is 54.0 Å². The Kier molecular flexibility index (Phi) is 7.59. The lowest BCUT2D eigenvalue weighted by Crippen LogP contribution is -2.40. The molecule has 3 unspecified atom stereocenters. The first-order valence-electron chi connectivity index (χ1n) is 7.57. The van der Waals surface area contributed by atoms with E-state index in [0.29, 0.717) is 24.4 Å². The van der Waals surface area contributed by atoms with Gasteiger partial charge in [-0.05, 0) is 45.4 Å². The van der Waals surface area contributed by atoms with Gasteiger partial charge < -0.3 is 10.6 Å². The van der Waals surface area contributed by atoms with Crippen molar-refractivity contribution >= 4 is 42.1 Å². The third-order valence-electron chi connectivity index (χ3n) is 4.43. The number of fused-ring (bicyclic) bond motifs is 2. The highest BCUT2D eigenvalue weighted by atomic mass is 35.5. The van der Waals surface area contributed by atoms with Crippen LogP contribution in [0.1, 0.15) is 55.8 Å². The van der Waals surface area contributed by atoms with Crippen LogP contribution in [0.5, 0.6) is 0 Å². The number of nitrogens with one attached hydrogen (secondary N) is 2. The van der Waals surface area contributed by atoms with Crippen LogP contribution in [0.2, 0.25) is 0 Å². The molecule has 4 nitrogen and oxygen atoms in total. The molecule has 22 heavy (non-hydrogen) atoms. The Bertz CT molecular complexity index is 485. The van der Waals surface area contributed by atoms with E-state index in [-0.39, 0.29) is 36.8 Å². The molecule has 126 valence electrons. The Morgan fingerprint density at radius 1 is 1.41 bits per heavy atom. The van der Waals surface area contributed by atoms with Crippen molar-refractivity contribution in [3.63, 3.8) is 0 Å². The minimum absolute atomic E-state index is 0. The molecule has 2 aliphatic heterocycles. The van der Waals surface area contributed by atoms with Gasteiger partial charge in [0.1, 0.15) is 5.01 Å². The van der Waals surface area contributed by atoms with Crippen LogP contribution in [0.15, 0.2) is 5.38 Å². The molecule has 2 N–H and O–H groups in total. The molecule has 1 amide bonds. The summed E-state index contributed by atoms with van der Waals surface area (Å²) < 4.78 is 0. The molecule has 0 spiro atoms. The normalized spacial score (nSPS) is 27.5. The molecule has 3 rings (SSSR count). The highest BCUT2D eigenvalue weighted by molar-refractivity contribution is 7.09. The largest absolute Gasteiger partial charge is 0.347 e. The van der Waals surface area contributed by atoms with Crippen LogP contribution < -0.4 is 10.6 Å². The third kappa shape index (κ3) is 4.82. The van der Waals surface area contributed by atoms with Gasteiger partial charge in [0, 0.05) is 29.6 Å². The van der Waals surface area contributed by atoms with Gasteiger partial charge in [-0.2, -0.15) is 0 Å². The van der Waals surface area contributed by atoms with Crippen molar-refractivity contribution in [2.24, 2.45) is 5.92 Å². The van der Waals surface area contributed by atoms with Crippen LogP contribution in [0.4, 0.5) is 0 Å². The van der Waals surface area contributed by atoms with Crippen molar-refractivity contribution in [1.29, 1.82) is 0 Å². The van der Waals surface area contributed by atoms with E-state index < -0.39 is 0 Å². The fraction of sp³-hybridized carbons (Fsp3) is 0.733. The summed E-state index contributed by atoms with van der Waals surface area (Å²) in [4.78, 5) is 16.6. The van der Waals surface area contributed by atoms with E-state index in [1.54, 1.807) is 11.3 Å².